The first-order valence-electron chi connectivity index (χ1n) is 8.08. The standard InChI is InChI=1S/C18H26N2/c1-2-8-17(9-3-1)14-18-15-20(13-11-19-18)12-10-16-6-4-5-7-16/h1-3,6,8-9,18-19H,4-5,7,10-15H2. The number of allylic oxidation sites excluding steroid dienone is 1. The maximum atomic E-state index is 3.67. The zero-order chi connectivity index (χ0) is 13.6. The smallest absolute Gasteiger partial charge is 0.0235 e. The second-order valence-corrected chi connectivity index (χ2v) is 6.15. The number of hydrogen-bond donors (Lipinski definition) is 1. The fourth-order valence-electron chi connectivity index (χ4n) is 3.40. The summed E-state index contributed by atoms with van der Waals surface area (Å²) in [4.78, 5) is 2.64. The lowest BCUT2D eigenvalue weighted by Gasteiger charge is -2.34. The van der Waals surface area contributed by atoms with Crippen molar-refractivity contribution in [2.45, 2.75) is 38.1 Å². The SMILES string of the molecule is C1=C(CCN2CCNC(Cc3ccccc3)C2)CCC1. The molecule has 1 atom stereocenters. The Kier molecular flexibility index (Phi) is 4.88. The maximum absolute atomic E-state index is 3.67. The third-order valence-electron chi connectivity index (χ3n) is 4.55. The monoisotopic (exact) mass is 270 g/mol. The molecule has 1 aliphatic heterocycles. The zero-order valence-electron chi connectivity index (χ0n) is 12.4. The molecular formula is C18H26N2. The van der Waals surface area contributed by atoms with Crippen molar-refractivity contribution < 1.29 is 0 Å². The minimum absolute atomic E-state index is 0.615. The summed E-state index contributed by atoms with van der Waals surface area (Å²) in [5.41, 5.74) is 3.15. The molecule has 0 saturated carbocycles. The summed E-state index contributed by atoms with van der Waals surface area (Å²) >= 11 is 0. The summed E-state index contributed by atoms with van der Waals surface area (Å²) in [7, 11) is 0. The van der Waals surface area contributed by atoms with Gasteiger partial charge in [0.25, 0.3) is 0 Å². The van der Waals surface area contributed by atoms with E-state index in [4.69, 9.17) is 0 Å². The van der Waals surface area contributed by atoms with Gasteiger partial charge in [0, 0.05) is 32.2 Å². The van der Waals surface area contributed by atoms with E-state index in [0.29, 0.717) is 6.04 Å². The molecule has 0 bridgehead atoms. The molecular weight excluding hydrogens is 244 g/mol. The number of benzene rings is 1. The van der Waals surface area contributed by atoms with E-state index in [1.165, 1.54) is 50.9 Å². The number of rotatable bonds is 5. The van der Waals surface area contributed by atoms with E-state index in [9.17, 15) is 0 Å². The van der Waals surface area contributed by atoms with Crippen LogP contribution in [-0.2, 0) is 6.42 Å². The van der Waals surface area contributed by atoms with Crippen molar-refractivity contribution in [3.63, 3.8) is 0 Å². The molecule has 1 unspecified atom stereocenters. The fourth-order valence-corrected chi connectivity index (χ4v) is 3.40. The molecule has 1 aromatic carbocycles. The van der Waals surface area contributed by atoms with Crippen molar-refractivity contribution in [3.8, 4) is 0 Å². The zero-order valence-corrected chi connectivity index (χ0v) is 12.4. The van der Waals surface area contributed by atoms with Gasteiger partial charge in [-0.05, 0) is 37.7 Å². The molecule has 20 heavy (non-hydrogen) atoms. The highest BCUT2D eigenvalue weighted by atomic mass is 15.2. The first-order chi connectivity index (χ1) is 9.90. The molecule has 1 saturated heterocycles. The highest BCUT2D eigenvalue weighted by molar-refractivity contribution is 5.16. The Labute approximate surface area is 122 Å². The van der Waals surface area contributed by atoms with Gasteiger partial charge in [0.2, 0.25) is 0 Å². The van der Waals surface area contributed by atoms with Crippen LogP contribution in [0.25, 0.3) is 0 Å². The van der Waals surface area contributed by atoms with E-state index in [0.717, 1.165) is 13.0 Å². The highest BCUT2D eigenvalue weighted by Crippen LogP contribution is 2.21. The second-order valence-electron chi connectivity index (χ2n) is 6.15. The van der Waals surface area contributed by atoms with Crippen LogP contribution in [0.1, 0.15) is 31.2 Å². The Balaban J connectivity index is 1.46. The van der Waals surface area contributed by atoms with E-state index in [-0.39, 0.29) is 0 Å². The normalized spacial score (nSPS) is 23.8. The Morgan fingerprint density at radius 1 is 1.20 bits per heavy atom. The highest BCUT2D eigenvalue weighted by Gasteiger charge is 2.19. The minimum atomic E-state index is 0.615. The molecule has 3 rings (SSSR count). The van der Waals surface area contributed by atoms with Crippen LogP contribution < -0.4 is 5.32 Å². The Morgan fingerprint density at radius 3 is 2.90 bits per heavy atom. The van der Waals surface area contributed by atoms with Crippen LogP contribution in [0.4, 0.5) is 0 Å². The lowest BCUT2D eigenvalue weighted by molar-refractivity contribution is 0.201. The summed E-state index contributed by atoms with van der Waals surface area (Å²) in [6.07, 6.45) is 8.95. The van der Waals surface area contributed by atoms with Gasteiger partial charge < -0.3 is 10.2 Å². The van der Waals surface area contributed by atoms with Gasteiger partial charge in [0.1, 0.15) is 0 Å². The Morgan fingerprint density at radius 2 is 2.10 bits per heavy atom. The van der Waals surface area contributed by atoms with Crippen molar-refractivity contribution in [2.24, 2.45) is 0 Å². The summed E-state index contributed by atoms with van der Waals surface area (Å²) in [5, 5.41) is 3.67. The van der Waals surface area contributed by atoms with Crippen molar-refractivity contribution >= 4 is 0 Å². The van der Waals surface area contributed by atoms with Gasteiger partial charge in [-0.2, -0.15) is 0 Å². The average molecular weight is 270 g/mol. The molecule has 1 N–H and O–H groups in total. The van der Waals surface area contributed by atoms with Crippen LogP contribution in [0.2, 0.25) is 0 Å². The van der Waals surface area contributed by atoms with Crippen LogP contribution in [0.15, 0.2) is 42.0 Å². The summed E-state index contributed by atoms with van der Waals surface area (Å²) in [6.45, 7) is 4.79. The molecule has 0 amide bonds. The maximum Gasteiger partial charge on any atom is 0.0235 e. The third-order valence-corrected chi connectivity index (χ3v) is 4.55. The lowest BCUT2D eigenvalue weighted by Crippen LogP contribution is -2.51. The van der Waals surface area contributed by atoms with E-state index in [1.807, 2.05) is 0 Å². The van der Waals surface area contributed by atoms with E-state index >= 15 is 0 Å². The van der Waals surface area contributed by atoms with Crippen molar-refractivity contribution in [2.75, 3.05) is 26.2 Å². The number of nitrogens with one attached hydrogen (secondary N) is 1. The first-order valence-corrected chi connectivity index (χ1v) is 8.08. The Bertz CT molecular complexity index is 438. The van der Waals surface area contributed by atoms with Crippen molar-refractivity contribution in [3.05, 3.63) is 47.5 Å². The van der Waals surface area contributed by atoms with Gasteiger partial charge in [0.05, 0.1) is 0 Å². The van der Waals surface area contributed by atoms with Gasteiger partial charge in [-0.15, -0.1) is 0 Å². The van der Waals surface area contributed by atoms with Gasteiger partial charge in [-0.1, -0.05) is 42.0 Å². The van der Waals surface area contributed by atoms with Gasteiger partial charge >= 0.3 is 0 Å². The molecule has 0 aromatic heterocycles. The molecule has 1 aliphatic carbocycles. The molecule has 2 nitrogen and oxygen atoms in total. The topological polar surface area (TPSA) is 15.3 Å². The molecule has 0 spiro atoms. The fraction of sp³-hybridized carbons (Fsp3) is 0.556. The van der Waals surface area contributed by atoms with Gasteiger partial charge in [-0.25, -0.2) is 0 Å². The van der Waals surface area contributed by atoms with E-state index in [1.54, 1.807) is 5.57 Å². The van der Waals surface area contributed by atoms with Crippen LogP contribution in [0, 0.1) is 0 Å². The molecule has 1 fully saturated rings. The quantitative estimate of drug-likeness (QED) is 0.828. The number of hydrogen-bond acceptors (Lipinski definition) is 2. The molecule has 2 heteroatoms. The largest absolute Gasteiger partial charge is 0.311 e. The Hall–Kier alpha value is -1.12. The average Bonchev–Trinajstić information content (AvgIpc) is 3.00. The summed E-state index contributed by atoms with van der Waals surface area (Å²) in [5.74, 6) is 0. The predicted molar refractivity (Wildman–Crippen MR) is 84.9 cm³/mol. The minimum Gasteiger partial charge on any atom is -0.311 e. The molecule has 1 heterocycles. The van der Waals surface area contributed by atoms with Gasteiger partial charge in [0.15, 0.2) is 0 Å². The van der Waals surface area contributed by atoms with Crippen molar-refractivity contribution in [1.29, 1.82) is 0 Å². The third kappa shape index (κ3) is 3.94. The molecule has 2 aliphatic rings. The number of piperazine rings is 1. The first kappa shape index (κ1) is 13.8. The second kappa shape index (κ2) is 7.05. The number of nitrogens with zero attached hydrogens (tertiary/aromatic N) is 1. The molecule has 1 aromatic rings. The van der Waals surface area contributed by atoms with E-state index < -0.39 is 0 Å². The lowest BCUT2D eigenvalue weighted by atomic mass is 10.0. The predicted octanol–water partition coefficient (Wildman–Crippen LogP) is 3.00. The molecule has 108 valence electrons. The van der Waals surface area contributed by atoms with Crippen LogP contribution in [0.3, 0.4) is 0 Å². The van der Waals surface area contributed by atoms with Crippen LogP contribution >= 0.6 is 0 Å². The van der Waals surface area contributed by atoms with Crippen LogP contribution in [0.5, 0.6) is 0 Å². The van der Waals surface area contributed by atoms with E-state index in [2.05, 4.69) is 46.6 Å². The van der Waals surface area contributed by atoms with Crippen molar-refractivity contribution in [1.82, 2.24) is 10.2 Å². The summed E-state index contributed by atoms with van der Waals surface area (Å²) < 4.78 is 0. The van der Waals surface area contributed by atoms with Gasteiger partial charge in [-0.3, -0.25) is 0 Å². The molecule has 0 radical (unpaired) electrons. The summed E-state index contributed by atoms with van der Waals surface area (Å²) in [6, 6.07) is 11.5. The van der Waals surface area contributed by atoms with Crippen LogP contribution in [-0.4, -0.2) is 37.1 Å².